The van der Waals surface area contributed by atoms with E-state index in [2.05, 4.69) is 31.6 Å². The minimum absolute atomic E-state index is 0.0707. The summed E-state index contributed by atoms with van der Waals surface area (Å²) >= 11 is 8.02. The maximum atomic E-state index is 12.4. The van der Waals surface area contributed by atoms with Crippen LogP contribution in [0.5, 0.6) is 0 Å². The number of aromatic amines is 1. The average molecular weight is 415 g/mol. The van der Waals surface area contributed by atoms with Crippen molar-refractivity contribution < 1.29 is 4.79 Å². The van der Waals surface area contributed by atoms with Gasteiger partial charge in [-0.2, -0.15) is 0 Å². The van der Waals surface area contributed by atoms with Crippen LogP contribution in [-0.4, -0.2) is 40.4 Å². The molecule has 3 aromatic rings. The molecule has 1 aromatic carbocycles. The minimum atomic E-state index is 0.0707. The molecule has 1 fully saturated rings. The van der Waals surface area contributed by atoms with E-state index in [4.69, 9.17) is 11.6 Å². The van der Waals surface area contributed by atoms with Crippen molar-refractivity contribution in [3.63, 3.8) is 0 Å². The second kappa shape index (κ2) is 8.90. The molecule has 1 saturated heterocycles. The molecule has 0 bridgehead atoms. The number of hydrogen-bond donors (Lipinski definition) is 2. The summed E-state index contributed by atoms with van der Waals surface area (Å²) < 4.78 is 0. The van der Waals surface area contributed by atoms with E-state index in [1.165, 1.54) is 4.88 Å². The summed E-state index contributed by atoms with van der Waals surface area (Å²) in [6.45, 7) is 1.98. The lowest BCUT2D eigenvalue weighted by Gasteiger charge is -2.22. The Morgan fingerprint density at radius 2 is 2.21 bits per heavy atom. The van der Waals surface area contributed by atoms with Gasteiger partial charge < -0.3 is 10.3 Å². The molecule has 2 aromatic heterocycles. The van der Waals surface area contributed by atoms with Crippen LogP contribution in [0.2, 0.25) is 5.02 Å². The molecule has 28 heavy (non-hydrogen) atoms. The zero-order chi connectivity index (χ0) is 19.3. The van der Waals surface area contributed by atoms with Crippen LogP contribution in [0.3, 0.4) is 0 Å². The van der Waals surface area contributed by atoms with Crippen LogP contribution >= 0.6 is 22.9 Å². The van der Waals surface area contributed by atoms with E-state index in [1.54, 1.807) is 11.3 Å². The van der Waals surface area contributed by atoms with Crippen LogP contribution < -0.4 is 5.32 Å². The Morgan fingerprint density at radius 1 is 1.32 bits per heavy atom. The highest BCUT2D eigenvalue weighted by atomic mass is 35.5. The first-order valence-corrected chi connectivity index (χ1v) is 10.8. The number of carbonyl (C=O) groups excluding carboxylic acids is 1. The van der Waals surface area contributed by atoms with E-state index in [9.17, 15) is 4.79 Å². The number of imidazole rings is 1. The Kier molecular flexibility index (Phi) is 6.10. The number of nitrogens with zero attached hydrogens (tertiary/aromatic N) is 2. The van der Waals surface area contributed by atoms with Crippen LogP contribution in [0.1, 0.15) is 29.6 Å². The number of aromatic nitrogens is 2. The van der Waals surface area contributed by atoms with Gasteiger partial charge in [-0.3, -0.25) is 9.69 Å². The third-order valence-electron chi connectivity index (χ3n) is 5.06. The standard InChI is InChI=1S/C21H23ClN4OS/c22-17-7-2-1-6-16(17)18-13-24-21(25-18)19-8-3-11-26(19)14-20(27)23-10-9-15-5-4-12-28-15/h1-2,4-7,12-13,19H,3,8-11,14H2,(H,23,27)(H,24,25)/t19-/m0/s1. The monoisotopic (exact) mass is 414 g/mol. The molecule has 0 spiro atoms. The summed E-state index contributed by atoms with van der Waals surface area (Å²) in [5, 5.41) is 5.80. The minimum Gasteiger partial charge on any atom is -0.355 e. The molecule has 146 valence electrons. The van der Waals surface area contributed by atoms with E-state index < -0.39 is 0 Å². The van der Waals surface area contributed by atoms with Crippen molar-refractivity contribution in [2.24, 2.45) is 0 Å². The predicted molar refractivity (Wildman–Crippen MR) is 114 cm³/mol. The number of thiophene rings is 1. The summed E-state index contributed by atoms with van der Waals surface area (Å²) in [7, 11) is 0. The molecule has 1 aliphatic heterocycles. The van der Waals surface area contributed by atoms with Gasteiger partial charge in [-0.15, -0.1) is 11.3 Å². The quantitative estimate of drug-likeness (QED) is 0.606. The molecule has 0 radical (unpaired) electrons. The summed E-state index contributed by atoms with van der Waals surface area (Å²) in [4.78, 5) is 23.9. The van der Waals surface area contributed by atoms with E-state index in [1.807, 2.05) is 36.5 Å². The molecule has 1 atom stereocenters. The van der Waals surface area contributed by atoms with Crippen LogP contribution in [-0.2, 0) is 11.2 Å². The second-order valence-electron chi connectivity index (χ2n) is 6.97. The lowest BCUT2D eigenvalue weighted by atomic mass is 10.2. The molecule has 5 nitrogen and oxygen atoms in total. The average Bonchev–Trinajstić information content (AvgIpc) is 3.43. The summed E-state index contributed by atoms with van der Waals surface area (Å²) in [5.74, 6) is 0.972. The molecular formula is C21H23ClN4OS. The summed E-state index contributed by atoms with van der Waals surface area (Å²) in [5.41, 5.74) is 1.85. The SMILES string of the molecule is O=C(CN1CCC[C@H]1c1ncc(-c2ccccc2Cl)[nH]1)NCCc1cccs1. The highest BCUT2D eigenvalue weighted by Crippen LogP contribution is 2.32. The predicted octanol–water partition coefficient (Wildman–Crippen LogP) is 4.29. The Bertz CT molecular complexity index is 924. The van der Waals surface area contributed by atoms with E-state index >= 15 is 0 Å². The largest absolute Gasteiger partial charge is 0.355 e. The summed E-state index contributed by atoms with van der Waals surface area (Å²) in [6, 6.07) is 12.0. The fourth-order valence-corrected chi connectivity index (χ4v) is 4.61. The van der Waals surface area contributed by atoms with Crippen molar-refractivity contribution >= 4 is 28.8 Å². The zero-order valence-corrected chi connectivity index (χ0v) is 17.1. The number of carbonyl (C=O) groups is 1. The number of likely N-dealkylation sites (tertiary alicyclic amines) is 1. The Hall–Kier alpha value is -2.15. The molecule has 7 heteroatoms. The van der Waals surface area contributed by atoms with Crippen molar-refractivity contribution in [2.75, 3.05) is 19.6 Å². The number of H-pyrrole nitrogens is 1. The normalized spacial score (nSPS) is 17.1. The molecule has 1 amide bonds. The maximum absolute atomic E-state index is 12.4. The highest BCUT2D eigenvalue weighted by molar-refractivity contribution is 7.09. The van der Waals surface area contributed by atoms with Crippen LogP contribution in [0.15, 0.2) is 48.0 Å². The van der Waals surface area contributed by atoms with Crippen molar-refractivity contribution in [1.29, 1.82) is 0 Å². The first-order valence-electron chi connectivity index (χ1n) is 9.53. The van der Waals surface area contributed by atoms with Gasteiger partial charge in [0.15, 0.2) is 0 Å². The van der Waals surface area contributed by atoms with Crippen molar-refractivity contribution in [1.82, 2.24) is 20.2 Å². The van der Waals surface area contributed by atoms with Gasteiger partial charge in [0.1, 0.15) is 5.82 Å². The smallest absolute Gasteiger partial charge is 0.234 e. The molecule has 3 heterocycles. The number of nitrogens with one attached hydrogen (secondary N) is 2. The first-order chi connectivity index (χ1) is 13.7. The number of benzene rings is 1. The van der Waals surface area contributed by atoms with Gasteiger partial charge in [0, 0.05) is 22.0 Å². The van der Waals surface area contributed by atoms with E-state index in [-0.39, 0.29) is 11.9 Å². The van der Waals surface area contributed by atoms with E-state index in [0.717, 1.165) is 42.9 Å². The number of hydrogen-bond acceptors (Lipinski definition) is 4. The lowest BCUT2D eigenvalue weighted by molar-refractivity contribution is -0.122. The fourth-order valence-electron chi connectivity index (χ4n) is 3.67. The van der Waals surface area contributed by atoms with Gasteiger partial charge >= 0.3 is 0 Å². The van der Waals surface area contributed by atoms with Crippen LogP contribution in [0.4, 0.5) is 0 Å². The molecule has 1 aliphatic rings. The highest BCUT2D eigenvalue weighted by Gasteiger charge is 2.29. The zero-order valence-electron chi connectivity index (χ0n) is 15.5. The third kappa shape index (κ3) is 4.46. The van der Waals surface area contributed by atoms with Gasteiger partial charge in [0.2, 0.25) is 5.91 Å². The van der Waals surface area contributed by atoms with Gasteiger partial charge in [0.25, 0.3) is 0 Å². The first kappa shape index (κ1) is 19.2. The Morgan fingerprint density at radius 3 is 3.04 bits per heavy atom. The molecule has 0 aliphatic carbocycles. The van der Waals surface area contributed by atoms with Gasteiger partial charge in [0.05, 0.1) is 24.5 Å². The molecule has 4 rings (SSSR count). The maximum Gasteiger partial charge on any atom is 0.234 e. The van der Waals surface area contributed by atoms with E-state index in [0.29, 0.717) is 18.1 Å². The van der Waals surface area contributed by atoms with Gasteiger partial charge in [-0.05, 0) is 43.3 Å². The number of amides is 1. The molecular weight excluding hydrogens is 392 g/mol. The Balaban J connectivity index is 1.36. The summed E-state index contributed by atoms with van der Waals surface area (Å²) in [6.07, 6.45) is 4.77. The molecule has 0 unspecified atom stereocenters. The third-order valence-corrected chi connectivity index (χ3v) is 6.32. The lowest BCUT2D eigenvalue weighted by Crippen LogP contribution is -2.37. The number of halogens is 1. The van der Waals surface area contributed by atoms with Crippen LogP contribution in [0.25, 0.3) is 11.3 Å². The molecule has 2 N–H and O–H groups in total. The van der Waals surface area contributed by atoms with Gasteiger partial charge in [-0.1, -0.05) is 35.9 Å². The Labute approximate surface area is 173 Å². The topological polar surface area (TPSA) is 61.0 Å². The van der Waals surface area contributed by atoms with Crippen LogP contribution in [0, 0.1) is 0 Å². The fraction of sp³-hybridized carbons (Fsp3) is 0.333. The number of rotatable bonds is 7. The van der Waals surface area contributed by atoms with Crippen molar-refractivity contribution in [3.8, 4) is 11.3 Å². The second-order valence-corrected chi connectivity index (χ2v) is 8.41. The molecule has 0 saturated carbocycles. The van der Waals surface area contributed by atoms with Crippen molar-refractivity contribution in [2.45, 2.75) is 25.3 Å². The van der Waals surface area contributed by atoms with Crippen molar-refractivity contribution in [3.05, 3.63) is 63.7 Å². The van der Waals surface area contributed by atoms with Gasteiger partial charge in [-0.25, -0.2) is 4.98 Å².